The number of morpholine rings is 1. The van der Waals surface area contributed by atoms with Crippen LogP contribution in [0.25, 0.3) is 0 Å². The number of pyridine rings is 1. The van der Waals surface area contributed by atoms with E-state index in [2.05, 4.69) is 4.98 Å². The summed E-state index contributed by atoms with van der Waals surface area (Å²) in [5.74, 6) is -0.695. The zero-order chi connectivity index (χ0) is 13.8. The number of hydrogen-bond donors (Lipinski definition) is 0. The summed E-state index contributed by atoms with van der Waals surface area (Å²) in [5, 5.41) is 0. The van der Waals surface area contributed by atoms with Gasteiger partial charge in [-0.05, 0) is 19.1 Å². The highest BCUT2D eigenvalue weighted by Gasteiger charge is 2.34. The Kier molecular flexibility index (Phi) is 4.11. The highest BCUT2D eigenvalue weighted by atomic mass is 16.5. The van der Waals surface area contributed by atoms with E-state index in [1.54, 1.807) is 12.1 Å². The summed E-state index contributed by atoms with van der Waals surface area (Å²) in [6.45, 7) is 2.79. The van der Waals surface area contributed by atoms with Crippen LogP contribution >= 0.6 is 0 Å². The van der Waals surface area contributed by atoms with Crippen LogP contribution in [-0.4, -0.2) is 54.7 Å². The Morgan fingerprint density at radius 3 is 2.89 bits per heavy atom. The minimum atomic E-state index is -0.687. The van der Waals surface area contributed by atoms with E-state index in [0.717, 1.165) is 5.69 Å². The first-order valence-corrected chi connectivity index (χ1v) is 6.02. The van der Waals surface area contributed by atoms with Gasteiger partial charge in [0.2, 0.25) is 0 Å². The summed E-state index contributed by atoms with van der Waals surface area (Å²) in [7, 11) is 1.30. The van der Waals surface area contributed by atoms with Crippen LogP contribution in [0.5, 0.6) is 0 Å². The van der Waals surface area contributed by atoms with Crippen LogP contribution < -0.4 is 0 Å². The highest BCUT2D eigenvalue weighted by molar-refractivity contribution is 5.96. The third-order valence-electron chi connectivity index (χ3n) is 3.02. The SMILES string of the molecule is COC(=O)C1COCCN1C(=O)c1ccc(C)nc1. The lowest BCUT2D eigenvalue weighted by molar-refractivity contribution is -0.151. The summed E-state index contributed by atoms with van der Waals surface area (Å²) in [5.41, 5.74) is 1.30. The molecule has 6 heteroatoms. The van der Waals surface area contributed by atoms with Gasteiger partial charge < -0.3 is 14.4 Å². The molecule has 1 aliphatic rings. The molecule has 0 saturated carbocycles. The number of aromatic nitrogens is 1. The van der Waals surface area contributed by atoms with Crippen molar-refractivity contribution in [2.75, 3.05) is 26.9 Å². The summed E-state index contributed by atoms with van der Waals surface area (Å²) < 4.78 is 9.93. The fourth-order valence-electron chi connectivity index (χ4n) is 1.94. The van der Waals surface area contributed by atoms with Gasteiger partial charge in [-0.1, -0.05) is 0 Å². The molecule has 1 amide bonds. The van der Waals surface area contributed by atoms with Crippen molar-refractivity contribution in [1.82, 2.24) is 9.88 Å². The number of rotatable bonds is 2. The molecule has 2 rings (SSSR count). The molecule has 1 atom stereocenters. The Balaban J connectivity index is 2.20. The average Bonchev–Trinajstić information content (AvgIpc) is 2.46. The Hall–Kier alpha value is -1.95. The van der Waals surface area contributed by atoms with Crippen molar-refractivity contribution in [2.24, 2.45) is 0 Å². The van der Waals surface area contributed by atoms with Gasteiger partial charge in [-0.3, -0.25) is 9.78 Å². The maximum Gasteiger partial charge on any atom is 0.331 e. The Bertz CT molecular complexity index is 472. The van der Waals surface area contributed by atoms with Gasteiger partial charge in [0.25, 0.3) is 5.91 Å². The number of esters is 1. The number of amides is 1. The van der Waals surface area contributed by atoms with E-state index >= 15 is 0 Å². The predicted molar refractivity (Wildman–Crippen MR) is 66.6 cm³/mol. The number of methoxy groups -OCH3 is 1. The minimum Gasteiger partial charge on any atom is -0.467 e. The molecule has 19 heavy (non-hydrogen) atoms. The van der Waals surface area contributed by atoms with Crippen LogP contribution in [0.1, 0.15) is 16.1 Å². The van der Waals surface area contributed by atoms with Gasteiger partial charge in [0.1, 0.15) is 0 Å². The monoisotopic (exact) mass is 264 g/mol. The molecule has 0 spiro atoms. The van der Waals surface area contributed by atoms with E-state index in [-0.39, 0.29) is 12.5 Å². The van der Waals surface area contributed by atoms with Gasteiger partial charge in [0.15, 0.2) is 6.04 Å². The van der Waals surface area contributed by atoms with Crippen molar-refractivity contribution in [3.05, 3.63) is 29.6 Å². The number of carbonyl (C=O) groups excluding carboxylic acids is 2. The van der Waals surface area contributed by atoms with E-state index in [9.17, 15) is 9.59 Å². The first-order chi connectivity index (χ1) is 9.13. The number of hydrogen-bond acceptors (Lipinski definition) is 5. The standard InChI is InChI=1S/C13H16N2O4/c1-9-3-4-10(7-14-9)12(16)15-5-6-19-8-11(15)13(17)18-2/h3-4,7,11H,5-6,8H2,1-2H3. The number of ether oxygens (including phenoxy) is 2. The van der Waals surface area contributed by atoms with E-state index < -0.39 is 12.0 Å². The third-order valence-corrected chi connectivity index (χ3v) is 3.02. The van der Waals surface area contributed by atoms with Crippen LogP contribution in [0.4, 0.5) is 0 Å². The van der Waals surface area contributed by atoms with Crippen LogP contribution in [0.2, 0.25) is 0 Å². The Morgan fingerprint density at radius 2 is 2.26 bits per heavy atom. The molecule has 1 aromatic heterocycles. The van der Waals surface area contributed by atoms with Crippen molar-refractivity contribution in [3.8, 4) is 0 Å². The molecule has 1 aliphatic heterocycles. The summed E-state index contributed by atoms with van der Waals surface area (Å²) in [6.07, 6.45) is 1.52. The molecule has 102 valence electrons. The van der Waals surface area contributed by atoms with Crippen molar-refractivity contribution < 1.29 is 19.1 Å². The smallest absolute Gasteiger partial charge is 0.331 e. The van der Waals surface area contributed by atoms with Crippen LogP contribution in [0, 0.1) is 6.92 Å². The van der Waals surface area contributed by atoms with Crippen molar-refractivity contribution in [3.63, 3.8) is 0 Å². The molecule has 0 aliphatic carbocycles. The predicted octanol–water partition coefficient (Wildman–Crippen LogP) is 0.404. The number of carbonyl (C=O) groups is 2. The molecule has 6 nitrogen and oxygen atoms in total. The van der Waals surface area contributed by atoms with E-state index in [0.29, 0.717) is 18.7 Å². The maximum absolute atomic E-state index is 12.4. The molecular formula is C13H16N2O4. The largest absolute Gasteiger partial charge is 0.467 e. The second-order valence-electron chi connectivity index (χ2n) is 4.30. The summed E-state index contributed by atoms with van der Waals surface area (Å²) >= 11 is 0. The lowest BCUT2D eigenvalue weighted by atomic mass is 10.1. The minimum absolute atomic E-state index is 0.164. The Labute approximate surface area is 111 Å². The number of aryl methyl sites for hydroxylation is 1. The molecular weight excluding hydrogens is 248 g/mol. The van der Waals surface area contributed by atoms with Crippen molar-refractivity contribution in [1.29, 1.82) is 0 Å². The van der Waals surface area contributed by atoms with Gasteiger partial charge in [-0.15, -0.1) is 0 Å². The van der Waals surface area contributed by atoms with Crippen molar-refractivity contribution in [2.45, 2.75) is 13.0 Å². The van der Waals surface area contributed by atoms with Gasteiger partial charge in [-0.2, -0.15) is 0 Å². The van der Waals surface area contributed by atoms with Gasteiger partial charge in [0.05, 0.1) is 25.9 Å². The molecule has 0 N–H and O–H groups in total. The fraction of sp³-hybridized carbons (Fsp3) is 0.462. The highest BCUT2D eigenvalue weighted by Crippen LogP contribution is 2.13. The van der Waals surface area contributed by atoms with Crippen LogP contribution in [0.15, 0.2) is 18.3 Å². The maximum atomic E-state index is 12.4. The van der Waals surface area contributed by atoms with Gasteiger partial charge >= 0.3 is 5.97 Å². The van der Waals surface area contributed by atoms with E-state index in [4.69, 9.17) is 9.47 Å². The quantitative estimate of drug-likeness (QED) is 0.723. The second kappa shape index (κ2) is 5.79. The zero-order valence-corrected chi connectivity index (χ0v) is 11.0. The molecule has 1 fully saturated rings. The number of nitrogens with zero attached hydrogens (tertiary/aromatic N) is 2. The summed E-state index contributed by atoms with van der Waals surface area (Å²) in [4.78, 5) is 29.6. The molecule has 1 unspecified atom stereocenters. The molecule has 0 aromatic carbocycles. The normalized spacial score (nSPS) is 19.1. The van der Waals surface area contributed by atoms with Crippen molar-refractivity contribution >= 4 is 11.9 Å². The zero-order valence-electron chi connectivity index (χ0n) is 11.0. The lowest BCUT2D eigenvalue weighted by Gasteiger charge is -2.33. The van der Waals surface area contributed by atoms with E-state index in [1.165, 1.54) is 18.2 Å². The Morgan fingerprint density at radius 1 is 1.47 bits per heavy atom. The molecule has 1 saturated heterocycles. The first kappa shape index (κ1) is 13.5. The first-order valence-electron chi connectivity index (χ1n) is 6.02. The fourth-order valence-corrected chi connectivity index (χ4v) is 1.94. The average molecular weight is 264 g/mol. The molecule has 0 bridgehead atoms. The third kappa shape index (κ3) is 2.90. The molecule has 2 heterocycles. The summed E-state index contributed by atoms with van der Waals surface area (Å²) in [6, 6.07) is 2.78. The van der Waals surface area contributed by atoms with Crippen LogP contribution in [-0.2, 0) is 14.3 Å². The molecule has 1 aromatic rings. The lowest BCUT2D eigenvalue weighted by Crippen LogP contribution is -2.53. The van der Waals surface area contributed by atoms with E-state index in [1.807, 2.05) is 6.92 Å². The van der Waals surface area contributed by atoms with Gasteiger partial charge in [-0.25, -0.2) is 4.79 Å². The second-order valence-corrected chi connectivity index (χ2v) is 4.30. The van der Waals surface area contributed by atoms with Crippen LogP contribution in [0.3, 0.4) is 0 Å². The van der Waals surface area contributed by atoms with Gasteiger partial charge in [0, 0.05) is 18.4 Å². The topological polar surface area (TPSA) is 68.7 Å². The molecule has 0 radical (unpaired) electrons.